The Kier molecular flexibility index (Phi) is 15.6. The molecule has 3 aromatic rings. The smallest absolute Gasteiger partial charge is 0.410 e. The summed E-state index contributed by atoms with van der Waals surface area (Å²) in [5.41, 5.74) is 4.19. The van der Waals surface area contributed by atoms with Crippen LogP contribution in [0.25, 0.3) is 0 Å². The number of amides is 1. The molecule has 9 heteroatoms. The number of methoxy groups -OCH3 is 1. The number of carbonyl (C=O) groups excluding carboxylic acids is 1. The fraction of sp³-hybridized carbons (Fsp3) is 0.500. The van der Waals surface area contributed by atoms with Gasteiger partial charge in [-0.3, -0.25) is 0 Å². The Labute approximate surface area is 307 Å². The van der Waals surface area contributed by atoms with Crippen LogP contribution in [0.1, 0.15) is 70.6 Å². The molecule has 0 radical (unpaired) electrons. The summed E-state index contributed by atoms with van der Waals surface area (Å²) in [6.07, 6.45) is 1.54. The first-order valence-corrected chi connectivity index (χ1v) is 20.5. The fourth-order valence-corrected chi connectivity index (χ4v) is 13.2. The summed E-state index contributed by atoms with van der Waals surface area (Å²) in [5.74, 6) is 1.52. The molecule has 3 aromatic carbocycles. The third-order valence-electron chi connectivity index (χ3n) is 9.97. The van der Waals surface area contributed by atoms with E-state index in [-0.39, 0.29) is 30.8 Å². The fourth-order valence-electron chi connectivity index (χ4n) is 7.64. The zero-order valence-electron chi connectivity index (χ0n) is 31.7. The van der Waals surface area contributed by atoms with Crippen molar-refractivity contribution < 1.29 is 32.9 Å². The molecule has 0 spiro atoms. The van der Waals surface area contributed by atoms with Gasteiger partial charge >= 0.3 is 6.09 Å². The number of piperidine rings is 1. The molecule has 1 heterocycles. The van der Waals surface area contributed by atoms with Gasteiger partial charge in [0.1, 0.15) is 18.1 Å². The Bertz CT molecular complexity index is 1460. The number of ether oxygens (including phenoxy) is 5. The van der Waals surface area contributed by atoms with E-state index < -0.39 is 8.32 Å². The standard InChI is InChI=1S/C42H59NO7Si/c1-9-24-48-39-27-43(42(44)49-29-34-16-11-10-12-17-34)28-40(50-51(31(2)3,32(4)5)33(6)7)41(39)35-20-22-37(23-21-35)47-26-15-25-46-30-36-18-13-14-19-38(36)45-8/h9-14,16-23,31-33,39-41H,1,15,24-30H2,2-8H3/t39-,40+,41+/m0/s1. The average Bonchev–Trinajstić information content (AvgIpc) is 3.13. The largest absolute Gasteiger partial charge is 0.496 e. The molecule has 0 aliphatic carbocycles. The van der Waals surface area contributed by atoms with Gasteiger partial charge in [-0.1, -0.05) is 108 Å². The van der Waals surface area contributed by atoms with Crippen LogP contribution in [0.3, 0.4) is 0 Å². The van der Waals surface area contributed by atoms with E-state index in [9.17, 15) is 4.79 Å². The molecule has 3 atom stereocenters. The van der Waals surface area contributed by atoms with Gasteiger partial charge in [0.25, 0.3) is 0 Å². The van der Waals surface area contributed by atoms with Crippen molar-refractivity contribution in [3.8, 4) is 11.5 Å². The number of likely N-dealkylation sites (tertiary alicyclic amines) is 1. The van der Waals surface area contributed by atoms with Gasteiger partial charge in [-0.15, -0.1) is 6.58 Å². The lowest BCUT2D eigenvalue weighted by molar-refractivity contribution is -0.0528. The van der Waals surface area contributed by atoms with Gasteiger partial charge in [0.05, 0.1) is 52.3 Å². The van der Waals surface area contributed by atoms with E-state index in [2.05, 4.69) is 60.3 Å². The van der Waals surface area contributed by atoms with Crippen LogP contribution in [-0.2, 0) is 31.9 Å². The van der Waals surface area contributed by atoms with E-state index >= 15 is 0 Å². The third-order valence-corrected chi connectivity index (χ3v) is 16.1. The lowest BCUT2D eigenvalue weighted by Crippen LogP contribution is -2.59. The second kappa shape index (κ2) is 19.8. The van der Waals surface area contributed by atoms with Crippen LogP contribution in [0.5, 0.6) is 11.5 Å². The maximum Gasteiger partial charge on any atom is 0.410 e. The minimum absolute atomic E-state index is 0.108. The van der Waals surface area contributed by atoms with Gasteiger partial charge in [0, 0.05) is 24.4 Å². The molecule has 4 rings (SSSR count). The summed E-state index contributed by atoms with van der Waals surface area (Å²) in [4.78, 5) is 15.4. The van der Waals surface area contributed by atoms with Gasteiger partial charge in [-0.05, 0) is 45.9 Å². The van der Waals surface area contributed by atoms with Crippen molar-refractivity contribution in [1.29, 1.82) is 0 Å². The highest BCUT2D eigenvalue weighted by Crippen LogP contribution is 2.46. The molecule has 0 bridgehead atoms. The van der Waals surface area contributed by atoms with Crippen molar-refractivity contribution in [1.82, 2.24) is 4.90 Å². The van der Waals surface area contributed by atoms with Crippen LogP contribution in [0, 0.1) is 0 Å². The van der Waals surface area contributed by atoms with Gasteiger partial charge in [-0.25, -0.2) is 4.79 Å². The Morgan fingerprint density at radius 2 is 1.49 bits per heavy atom. The van der Waals surface area contributed by atoms with Gasteiger partial charge in [0.15, 0.2) is 0 Å². The predicted octanol–water partition coefficient (Wildman–Crippen LogP) is 9.55. The molecule has 0 saturated carbocycles. The monoisotopic (exact) mass is 717 g/mol. The molecule has 1 aliphatic heterocycles. The van der Waals surface area contributed by atoms with Crippen molar-refractivity contribution in [2.24, 2.45) is 0 Å². The van der Waals surface area contributed by atoms with Crippen molar-refractivity contribution in [3.05, 3.63) is 108 Å². The number of carbonyl (C=O) groups is 1. The highest BCUT2D eigenvalue weighted by Gasteiger charge is 2.51. The number of nitrogens with zero attached hydrogens (tertiary/aromatic N) is 1. The molecule has 1 fully saturated rings. The molecule has 1 amide bonds. The Morgan fingerprint density at radius 1 is 0.843 bits per heavy atom. The van der Waals surface area contributed by atoms with Crippen LogP contribution in [0.2, 0.25) is 16.6 Å². The van der Waals surface area contributed by atoms with E-state index in [0.717, 1.165) is 34.6 Å². The molecule has 0 aromatic heterocycles. The van der Waals surface area contributed by atoms with E-state index in [4.69, 9.17) is 28.1 Å². The van der Waals surface area contributed by atoms with Crippen molar-refractivity contribution in [2.45, 2.75) is 95.9 Å². The lowest BCUT2D eigenvalue weighted by atomic mass is 9.84. The predicted molar refractivity (Wildman–Crippen MR) is 206 cm³/mol. The topological polar surface area (TPSA) is 75.7 Å². The Balaban J connectivity index is 1.50. The summed E-state index contributed by atoms with van der Waals surface area (Å²) in [6.45, 7) is 20.6. The summed E-state index contributed by atoms with van der Waals surface area (Å²) in [6, 6.07) is 25.9. The first-order valence-electron chi connectivity index (χ1n) is 18.4. The minimum Gasteiger partial charge on any atom is -0.496 e. The van der Waals surface area contributed by atoms with E-state index in [1.807, 2.05) is 66.7 Å². The molecular weight excluding hydrogens is 659 g/mol. The maximum absolute atomic E-state index is 13.6. The van der Waals surface area contributed by atoms with Gasteiger partial charge < -0.3 is 33.0 Å². The van der Waals surface area contributed by atoms with Crippen LogP contribution >= 0.6 is 0 Å². The molecule has 51 heavy (non-hydrogen) atoms. The van der Waals surface area contributed by atoms with Gasteiger partial charge in [0.2, 0.25) is 8.32 Å². The average molecular weight is 718 g/mol. The molecule has 0 N–H and O–H groups in total. The van der Waals surface area contributed by atoms with E-state index in [0.29, 0.717) is 56.1 Å². The quantitative estimate of drug-likeness (QED) is 0.0695. The van der Waals surface area contributed by atoms with E-state index in [1.54, 1.807) is 18.1 Å². The number of para-hydroxylation sites is 1. The highest BCUT2D eigenvalue weighted by atomic mass is 28.4. The zero-order valence-corrected chi connectivity index (χ0v) is 32.7. The molecule has 1 saturated heterocycles. The first-order chi connectivity index (χ1) is 24.6. The number of hydrogen-bond acceptors (Lipinski definition) is 7. The SMILES string of the molecule is C=CCO[C@H]1CN(C(=O)OCc2ccccc2)C[C@@H](O[Si](C(C)C)(C(C)C)C(C)C)[C@@H]1c1ccc(OCCCOCc2ccccc2OC)cc1. The second-order valence-corrected chi connectivity index (χ2v) is 19.6. The van der Waals surface area contributed by atoms with Gasteiger partial charge in [-0.2, -0.15) is 0 Å². The van der Waals surface area contributed by atoms with Crippen LogP contribution < -0.4 is 9.47 Å². The molecule has 8 nitrogen and oxygen atoms in total. The zero-order chi connectivity index (χ0) is 36.8. The molecule has 278 valence electrons. The van der Waals surface area contributed by atoms with E-state index in [1.165, 1.54) is 0 Å². The van der Waals surface area contributed by atoms with Crippen molar-refractivity contribution in [3.63, 3.8) is 0 Å². The first kappa shape index (κ1) is 40.1. The lowest BCUT2D eigenvalue weighted by Gasteiger charge is -2.50. The summed E-state index contributed by atoms with van der Waals surface area (Å²) >= 11 is 0. The molecular formula is C42H59NO7Si. The van der Waals surface area contributed by atoms with Crippen LogP contribution in [0.4, 0.5) is 4.79 Å². The second-order valence-electron chi connectivity index (χ2n) is 14.2. The summed E-state index contributed by atoms with van der Waals surface area (Å²) in [7, 11) is -0.680. The highest BCUT2D eigenvalue weighted by molar-refractivity contribution is 6.77. The normalized spacial score (nSPS) is 17.9. The van der Waals surface area contributed by atoms with Crippen molar-refractivity contribution in [2.75, 3.05) is 40.0 Å². The number of rotatable bonds is 19. The van der Waals surface area contributed by atoms with Crippen molar-refractivity contribution >= 4 is 14.4 Å². The van der Waals surface area contributed by atoms with Crippen LogP contribution in [0.15, 0.2) is 91.5 Å². The Morgan fingerprint density at radius 3 is 2.14 bits per heavy atom. The number of benzene rings is 3. The molecule has 1 aliphatic rings. The third kappa shape index (κ3) is 10.7. The minimum atomic E-state index is -2.35. The molecule has 0 unspecified atom stereocenters. The van der Waals surface area contributed by atoms with Crippen LogP contribution in [-0.4, -0.2) is 71.5 Å². The number of hydrogen-bond donors (Lipinski definition) is 0. The summed E-state index contributed by atoms with van der Waals surface area (Å²) in [5, 5.41) is 0. The summed E-state index contributed by atoms with van der Waals surface area (Å²) < 4.78 is 37.2. The Hall–Kier alpha value is -3.63. The maximum atomic E-state index is 13.6.